The van der Waals surface area contributed by atoms with Crippen LogP contribution in [-0.4, -0.2) is 22.2 Å². The Balaban J connectivity index is 0.000000265. The molecule has 0 aliphatic heterocycles. The number of aromatic nitrogens is 1. The van der Waals surface area contributed by atoms with Crippen molar-refractivity contribution in [3.8, 4) is 0 Å². The minimum absolute atomic E-state index is 0.130. The second-order valence-electron chi connectivity index (χ2n) is 2.72. The molecule has 1 unspecified atom stereocenters. The number of carboxylic acid groups (broad SMARTS) is 1. The lowest BCUT2D eigenvalue weighted by Gasteiger charge is -1.97. The van der Waals surface area contributed by atoms with Gasteiger partial charge < -0.3 is 15.8 Å². The predicted molar refractivity (Wildman–Crippen MR) is 47.1 cm³/mol. The van der Waals surface area contributed by atoms with Gasteiger partial charge in [-0.2, -0.15) is 13.2 Å². The van der Waals surface area contributed by atoms with E-state index in [4.69, 9.17) is 15.6 Å². The van der Waals surface area contributed by atoms with E-state index in [2.05, 4.69) is 4.98 Å². The minimum Gasteiger partial charge on any atom is -0.475 e. The number of rotatable bonds is 1. The van der Waals surface area contributed by atoms with E-state index in [-0.39, 0.29) is 6.04 Å². The van der Waals surface area contributed by atoms with Crippen LogP contribution in [0.2, 0.25) is 0 Å². The molecule has 1 rings (SSSR count). The molecule has 15 heavy (non-hydrogen) atoms. The molecule has 0 aliphatic carbocycles. The molecule has 1 aromatic rings. The van der Waals surface area contributed by atoms with Crippen LogP contribution in [0.3, 0.4) is 0 Å². The molecule has 0 fully saturated rings. The fourth-order valence-corrected chi connectivity index (χ4v) is 0.627. The van der Waals surface area contributed by atoms with E-state index in [1.807, 2.05) is 25.3 Å². The number of halogens is 3. The average molecular weight is 224 g/mol. The number of H-pyrrole nitrogens is 1. The molecule has 86 valence electrons. The molecule has 1 atom stereocenters. The van der Waals surface area contributed by atoms with Gasteiger partial charge in [-0.3, -0.25) is 0 Å². The standard InChI is InChI=1S/C6H10N2.C2HF3O2/c1-5(7)6-3-2-4-8-6;3-2(4,5)1(6)7/h2-5,8H,7H2,1H3;(H,6,7). The SMILES string of the molecule is CC(N)c1ccc[nH]1.O=C(O)C(F)(F)F. The molecule has 0 saturated heterocycles. The van der Waals surface area contributed by atoms with Crippen LogP contribution in [0.25, 0.3) is 0 Å². The molecule has 4 N–H and O–H groups in total. The lowest BCUT2D eigenvalue weighted by atomic mass is 10.3. The molecule has 0 bridgehead atoms. The van der Waals surface area contributed by atoms with Crippen molar-refractivity contribution >= 4 is 5.97 Å². The highest BCUT2D eigenvalue weighted by molar-refractivity contribution is 5.73. The number of nitrogens with one attached hydrogen (secondary N) is 1. The van der Waals surface area contributed by atoms with E-state index < -0.39 is 12.1 Å². The molecule has 1 heterocycles. The lowest BCUT2D eigenvalue weighted by molar-refractivity contribution is -0.192. The number of hydrogen-bond acceptors (Lipinski definition) is 2. The fourth-order valence-electron chi connectivity index (χ4n) is 0.627. The number of carboxylic acids is 1. The molecular formula is C8H11F3N2O2. The zero-order chi connectivity index (χ0) is 12.1. The van der Waals surface area contributed by atoms with Gasteiger partial charge in [-0.1, -0.05) is 0 Å². The third-order valence-corrected chi connectivity index (χ3v) is 1.36. The zero-order valence-corrected chi connectivity index (χ0v) is 7.88. The zero-order valence-electron chi connectivity index (χ0n) is 7.88. The summed E-state index contributed by atoms with van der Waals surface area (Å²) >= 11 is 0. The molecular weight excluding hydrogens is 213 g/mol. The minimum atomic E-state index is -5.08. The lowest BCUT2D eigenvalue weighted by Crippen LogP contribution is -2.21. The third-order valence-electron chi connectivity index (χ3n) is 1.36. The molecule has 4 nitrogen and oxygen atoms in total. The summed E-state index contributed by atoms with van der Waals surface area (Å²) in [6, 6.07) is 4.05. The van der Waals surface area contributed by atoms with Crippen molar-refractivity contribution in [3.05, 3.63) is 24.0 Å². The average Bonchev–Trinajstić information content (AvgIpc) is 2.54. The van der Waals surface area contributed by atoms with Gasteiger partial charge in [0.2, 0.25) is 0 Å². The molecule has 7 heteroatoms. The molecule has 0 spiro atoms. The molecule has 0 saturated carbocycles. The van der Waals surface area contributed by atoms with Gasteiger partial charge in [-0.15, -0.1) is 0 Å². The van der Waals surface area contributed by atoms with Gasteiger partial charge in [0.25, 0.3) is 0 Å². The molecule has 0 radical (unpaired) electrons. The van der Waals surface area contributed by atoms with Crippen LogP contribution >= 0.6 is 0 Å². The van der Waals surface area contributed by atoms with Gasteiger partial charge in [0.05, 0.1) is 0 Å². The maximum atomic E-state index is 10.6. The van der Waals surface area contributed by atoms with Crippen molar-refractivity contribution in [1.29, 1.82) is 0 Å². The Kier molecular flexibility index (Phi) is 4.86. The second-order valence-corrected chi connectivity index (χ2v) is 2.72. The van der Waals surface area contributed by atoms with Gasteiger partial charge in [-0.05, 0) is 19.1 Å². The Hall–Kier alpha value is -1.50. The number of hydrogen-bond donors (Lipinski definition) is 3. The van der Waals surface area contributed by atoms with E-state index in [1.165, 1.54) is 0 Å². The predicted octanol–water partition coefficient (Wildman–Crippen LogP) is 1.67. The van der Waals surface area contributed by atoms with Crippen LogP contribution in [-0.2, 0) is 4.79 Å². The fraction of sp³-hybridized carbons (Fsp3) is 0.375. The quantitative estimate of drug-likeness (QED) is 0.678. The van der Waals surface area contributed by atoms with Crippen LogP contribution < -0.4 is 5.73 Å². The Labute approximate surface area is 83.9 Å². The van der Waals surface area contributed by atoms with Gasteiger partial charge in [0.1, 0.15) is 0 Å². The van der Waals surface area contributed by atoms with Gasteiger partial charge >= 0.3 is 12.1 Å². The van der Waals surface area contributed by atoms with E-state index in [1.54, 1.807) is 0 Å². The largest absolute Gasteiger partial charge is 0.490 e. The summed E-state index contributed by atoms with van der Waals surface area (Å²) in [6.07, 6.45) is -3.21. The Morgan fingerprint density at radius 1 is 1.60 bits per heavy atom. The first-order chi connectivity index (χ1) is 6.75. The smallest absolute Gasteiger partial charge is 0.475 e. The van der Waals surface area contributed by atoms with Crippen molar-refractivity contribution in [2.24, 2.45) is 5.73 Å². The Morgan fingerprint density at radius 2 is 2.07 bits per heavy atom. The maximum Gasteiger partial charge on any atom is 0.490 e. The summed E-state index contributed by atoms with van der Waals surface area (Å²) in [5, 5.41) is 7.12. The van der Waals surface area contributed by atoms with Crippen molar-refractivity contribution < 1.29 is 23.1 Å². The highest BCUT2D eigenvalue weighted by Gasteiger charge is 2.38. The first-order valence-corrected chi connectivity index (χ1v) is 3.94. The summed E-state index contributed by atoms with van der Waals surface area (Å²) in [4.78, 5) is 11.9. The highest BCUT2D eigenvalue weighted by Crippen LogP contribution is 2.13. The molecule has 0 aromatic carbocycles. The normalized spacial score (nSPS) is 12.6. The van der Waals surface area contributed by atoms with Crippen LogP contribution in [0.5, 0.6) is 0 Å². The first kappa shape index (κ1) is 13.5. The highest BCUT2D eigenvalue weighted by atomic mass is 19.4. The monoisotopic (exact) mass is 224 g/mol. The van der Waals surface area contributed by atoms with Crippen LogP contribution in [0.1, 0.15) is 18.7 Å². The van der Waals surface area contributed by atoms with Crippen LogP contribution in [0.15, 0.2) is 18.3 Å². The van der Waals surface area contributed by atoms with Crippen molar-refractivity contribution in [2.75, 3.05) is 0 Å². The summed E-state index contributed by atoms with van der Waals surface area (Å²) in [5.41, 5.74) is 6.61. The van der Waals surface area contributed by atoms with Gasteiger partial charge in [0, 0.05) is 17.9 Å². The summed E-state index contributed by atoms with van der Waals surface area (Å²) < 4.78 is 31.7. The Bertz CT molecular complexity index is 293. The van der Waals surface area contributed by atoms with E-state index in [9.17, 15) is 13.2 Å². The summed E-state index contributed by atoms with van der Waals surface area (Å²) in [6.45, 7) is 1.95. The number of aromatic amines is 1. The topological polar surface area (TPSA) is 79.1 Å². The Morgan fingerprint density at radius 3 is 2.20 bits per heavy atom. The van der Waals surface area contributed by atoms with Crippen molar-refractivity contribution in [2.45, 2.75) is 19.1 Å². The summed E-state index contributed by atoms with van der Waals surface area (Å²) in [7, 11) is 0. The maximum absolute atomic E-state index is 10.6. The molecule has 1 aromatic heterocycles. The molecule has 0 aliphatic rings. The first-order valence-electron chi connectivity index (χ1n) is 3.94. The summed E-state index contributed by atoms with van der Waals surface area (Å²) in [5.74, 6) is -2.76. The van der Waals surface area contributed by atoms with E-state index in [0.29, 0.717) is 0 Å². The van der Waals surface area contributed by atoms with Gasteiger partial charge in [-0.25, -0.2) is 4.79 Å². The number of nitrogens with two attached hydrogens (primary N) is 1. The second kappa shape index (κ2) is 5.40. The van der Waals surface area contributed by atoms with E-state index >= 15 is 0 Å². The van der Waals surface area contributed by atoms with Crippen LogP contribution in [0.4, 0.5) is 13.2 Å². The number of carbonyl (C=O) groups is 1. The third kappa shape index (κ3) is 5.74. The van der Waals surface area contributed by atoms with Gasteiger partial charge in [0.15, 0.2) is 0 Å². The number of aliphatic carboxylic acids is 1. The van der Waals surface area contributed by atoms with Crippen molar-refractivity contribution in [1.82, 2.24) is 4.98 Å². The molecule has 0 amide bonds. The van der Waals surface area contributed by atoms with E-state index in [0.717, 1.165) is 5.69 Å². The number of alkyl halides is 3. The van der Waals surface area contributed by atoms with Crippen molar-refractivity contribution in [3.63, 3.8) is 0 Å². The van der Waals surface area contributed by atoms with Crippen LogP contribution in [0, 0.1) is 0 Å².